The van der Waals surface area contributed by atoms with E-state index < -0.39 is 29.4 Å². The third-order valence-corrected chi connectivity index (χ3v) is 7.81. The van der Waals surface area contributed by atoms with E-state index in [1.54, 1.807) is 21.8 Å². The molecule has 198 valence electrons. The first-order valence-electron chi connectivity index (χ1n) is 12.8. The maximum Gasteiger partial charge on any atom is 0.255 e. The van der Waals surface area contributed by atoms with Gasteiger partial charge in [0.25, 0.3) is 5.91 Å². The van der Waals surface area contributed by atoms with Crippen LogP contribution in [0, 0.1) is 17.5 Å². The van der Waals surface area contributed by atoms with Gasteiger partial charge in [0.2, 0.25) is 0 Å². The zero-order valence-electron chi connectivity index (χ0n) is 20.8. The lowest BCUT2D eigenvalue weighted by Crippen LogP contribution is -2.37. The summed E-state index contributed by atoms with van der Waals surface area (Å²) < 4.78 is 47.5. The Bertz CT molecular complexity index is 1490. The fourth-order valence-electron chi connectivity index (χ4n) is 5.91. The molecule has 1 aromatic carbocycles. The minimum atomic E-state index is -0.614. The van der Waals surface area contributed by atoms with Crippen LogP contribution >= 0.6 is 0 Å². The molecule has 4 heterocycles. The number of tetrazole rings is 1. The van der Waals surface area contributed by atoms with Crippen LogP contribution in [0.3, 0.4) is 0 Å². The normalized spacial score (nSPS) is 21.8. The lowest BCUT2D eigenvalue weighted by atomic mass is 9.85. The molecular formula is C26H27F3N8O. The molecule has 2 aliphatic rings. The molecule has 0 spiro atoms. The Morgan fingerprint density at radius 2 is 1.89 bits per heavy atom. The molecule has 1 saturated carbocycles. The van der Waals surface area contributed by atoms with E-state index >= 15 is 4.39 Å². The predicted octanol–water partition coefficient (Wildman–Crippen LogP) is 4.07. The van der Waals surface area contributed by atoms with Crippen molar-refractivity contribution in [1.82, 2.24) is 35.1 Å². The van der Waals surface area contributed by atoms with Gasteiger partial charge in [-0.3, -0.25) is 4.79 Å². The highest BCUT2D eigenvalue weighted by atomic mass is 19.1. The van der Waals surface area contributed by atoms with E-state index in [1.807, 2.05) is 7.05 Å². The van der Waals surface area contributed by atoms with Crippen molar-refractivity contribution in [2.75, 3.05) is 11.4 Å². The van der Waals surface area contributed by atoms with Gasteiger partial charge in [-0.05, 0) is 73.2 Å². The first-order chi connectivity index (χ1) is 18.4. The Kier molecular flexibility index (Phi) is 6.24. The van der Waals surface area contributed by atoms with E-state index in [0.717, 1.165) is 43.6 Å². The second-order valence-corrected chi connectivity index (χ2v) is 10.1. The maximum atomic E-state index is 16.0. The smallest absolute Gasteiger partial charge is 0.255 e. The molecule has 1 aliphatic carbocycles. The van der Waals surface area contributed by atoms with Crippen LogP contribution in [0.1, 0.15) is 72.2 Å². The minimum Gasteiger partial charge on any atom is -0.362 e. The number of rotatable bonds is 5. The highest BCUT2D eigenvalue weighted by Gasteiger charge is 2.32. The van der Waals surface area contributed by atoms with Gasteiger partial charge in [-0.1, -0.05) is 0 Å². The number of fused-ring (bicyclic) bond motifs is 1. The van der Waals surface area contributed by atoms with Crippen molar-refractivity contribution < 1.29 is 18.0 Å². The second kappa shape index (κ2) is 9.73. The number of pyridine rings is 1. The molecule has 1 amide bonds. The standard InChI is InChI=1S/C26H27F3N8O/c1-35-25(32-33-34-35)15-4-7-17(8-5-15)31-26(38)19-14-30-37-12-10-22(23(29)24(19)37)36-11-2-3-21(36)18-13-16(27)6-9-20(18)28/h6,9-10,12-15,17,21H,2-5,7-8,11H2,1H3,(H,31,38). The Morgan fingerprint density at radius 3 is 2.66 bits per heavy atom. The Labute approximate surface area is 216 Å². The van der Waals surface area contributed by atoms with Gasteiger partial charge in [-0.15, -0.1) is 5.10 Å². The van der Waals surface area contributed by atoms with Crippen LogP contribution in [-0.2, 0) is 7.05 Å². The van der Waals surface area contributed by atoms with E-state index in [1.165, 1.54) is 16.8 Å². The first-order valence-corrected chi connectivity index (χ1v) is 12.8. The SMILES string of the molecule is Cn1nnnc1C1CCC(NC(=O)c2cnn3ccc(N4CCCC4c4cc(F)ccc4F)c(F)c23)CC1. The molecule has 3 aromatic heterocycles. The van der Waals surface area contributed by atoms with E-state index in [9.17, 15) is 13.6 Å². The van der Waals surface area contributed by atoms with Crippen LogP contribution < -0.4 is 10.2 Å². The zero-order chi connectivity index (χ0) is 26.4. The van der Waals surface area contributed by atoms with Crippen molar-refractivity contribution in [2.24, 2.45) is 7.05 Å². The number of aryl methyl sites for hydroxylation is 1. The van der Waals surface area contributed by atoms with Gasteiger partial charge in [0.15, 0.2) is 11.6 Å². The molecule has 2 fully saturated rings. The molecule has 0 radical (unpaired) electrons. The molecule has 38 heavy (non-hydrogen) atoms. The van der Waals surface area contributed by atoms with Crippen molar-refractivity contribution in [3.05, 3.63) is 71.1 Å². The van der Waals surface area contributed by atoms with E-state index in [0.29, 0.717) is 19.4 Å². The topological polar surface area (TPSA) is 93.2 Å². The van der Waals surface area contributed by atoms with Crippen LogP contribution in [0.2, 0.25) is 0 Å². The number of hydrogen-bond acceptors (Lipinski definition) is 6. The lowest BCUT2D eigenvalue weighted by molar-refractivity contribution is 0.0926. The molecule has 1 aliphatic heterocycles. The average Bonchev–Trinajstić information content (AvgIpc) is 3.66. The van der Waals surface area contributed by atoms with Crippen molar-refractivity contribution >= 4 is 17.1 Å². The van der Waals surface area contributed by atoms with Gasteiger partial charge in [-0.25, -0.2) is 22.4 Å². The number of benzene rings is 1. The number of amides is 1. The summed E-state index contributed by atoms with van der Waals surface area (Å²) in [6, 6.07) is 4.33. The summed E-state index contributed by atoms with van der Waals surface area (Å²) >= 11 is 0. The molecule has 4 aromatic rings. The Morgan fingerprint density at radius 1 is 1.08 bits per heavy atom. The summed E-state index contributed by atoms with van der Waals surface area (Å²) in [6.07, 6.45) is 7.38. The van der Waals surface area contributed by atoms with Gasteiger partial charge < -0.3 is 10.2 Å². The summed E-state index contributed by atoms with van der Waals surface area (Å²) in [5.74, 6) is -1.01. The van der Waals surface area contributed by atoms with Gasteiger partial charge in [0.1, 0.15) is 17.2 Å². The fourth-order valence-corrected chi connectivity index (χ4v) is 5.91. The quantitative estimate of drug-likeness (QED) is 0.423. The van der Waals surface area contributed by atoms with Crippen LogP contribution in [0.25, 0.3) is 5.52 Å². The molecule has 1 atom stereocenters. The summed E-state index contributed by atoms with van der Waals surface area (Å²) in [5.41, 5.74) is 0.623. The highest BCUT2D eigenvalue weighted by molar-refractivity contribution is 6.01. The third-order valence-electron chi connectivity index (χ3n) is 7.81. The van der Waals surface area contributed by atoms with Crippen molar-refractivity contribution in [3.8, 4) is 0 Å². The number of halogens is 3. The second-order valence-electron chi connectivity index (χ2n) is 10.1. The number of anilines is 1. The predicted molar refractivity (Wildman–Crippen MR) is 132 cm³/mol. The summed E-state index contributed by atoms with van der Waals surface area (Å²) in [4.78, 5) is 15.0. The van der Waals surface area contributed by atoms with Crippen LogP contribution in [0.4, 0.5) is 18.9 Å². The summed E-state index contributed by atoms with van der Waals surface area (Å²) in [5, 5.41) is 18.9. The summed E-state index contributed by atoms with van der Waals surface area (Å²) in [6.45, 7) is 0.480. The van der Waals surface area contributed by atoms with Crippen molar-refractivity contribution in [3.63, 3.8) is 0 Å². The first kappa shape index (κ1) is 24.4. The van der Waals surface area contributed by atoms with Crippen LogP contribution in [0.15, 0.2) is 36.7 Å². The number of hydrogen-bond donors (Lipinski definition) is 1. The Hall–Kier alpha value is -3.96. The molecule has 1 saturated heterocycles. The molecule has 1 unspecified atom stereocenters. The zero-order valence-corrected chi connectivity index (χ0v) is 20.8. The average molecular weight is 525 g/mol. The highest BCUT2D eigenvalue weighted by Crippen LogP contribution is 2.39. The van der Waals surface area contributed by atoms with E-state index in [4.69, 9.17) is 0 Å². The third kappa shape index (κ3) is 4.27. The van der Waals surface area contributed by atoms with Gasteiger partial charge in [0, 0.05) is 37.3 Å². The summed E-state index contributed by atoms with van der Waals surface area (Å²) in [7, 11) is 1.82. The minimum absolute atomic E-state index is 0.0555. The van der Waals surface area contributed by atoms with Gasteiger partial charge in [-0.2, -0.15) is 5.10 Å². The number of nitrogens with zero attached hydrogens (tertiary/aromatic N) is 7. The number of carbonyl (C=O) groups excluding carboxylic acids is 1. The maximum absolute atomic E-state index is 16.0. The molecule has 0 bridgehead atoms. The van der Waals surface area contributed by atoms with E-state index in [-0.39, 0.29) is 34.3 Å². The molecule has 1 N–H and O–H groups in total. The monoisotopic (exact) mass is 524 g/mol. The lowest BCUT2D eigenvalue weighted by Gasteiger charge is -2.28. The van der Waals surface area contributed by atoms with Gasteiger partial charge in [0.05, 0.1) is 23.5 Å². The molecular weight excluding hydrogens is 497 g/mol. The molecule has 9 nitrogen and oxygen atoms in total. The number of carbonyl (C=O) groups is 1. The number of aromatic nitrogens is 6. The van der Waals surface area contributed by atoms with Crippen molar-refractivity contribution in [1.29, 1.82) is 0 Å². The van der Waals surface area contributed by atoms with E-state index in [2.05, 4.69) is 25.9 Å². The Balaban J connectivity index is 1.23. The molecule has 6 rings (SSSR count). The van der Waals surface area contributed by atoms with Crippen molar-refractivity contribution in [2.45, 2.75) is 56.5 Å². The largest absolute Gasteiger partial charge is 0.362 e. The van der Waals surface area contributed by atoms with Gasteiger partial charge >= 0.3 is 0 Å². The molecule has 12 heteroatoms. The number of nitrogens with one attached hydrogen (secondary N) is 1. The van der Waals surface area contributed by atoms with Crippen LogP contribution in [-0.4, -0.2) is 48.3 Å². The van der Waals surface area contributed by atoms with Crippen LogP contribution in [0.5, 0.6) is 0 Å². The fraction of sp³-hybridized carbons (Fsp3) is 0.423.